The maximum absolute atomic E-state index is 12.6. The van der Waals surface area contributed by atoms with Crippen LogP contribution in [0.15, 0.2) is 41.3 Å². The van der Waals surface area contributed by atoms with Gasteiger partial charge in [-0.15, -0.1) is 5.10 Å². The molecular weight excluding hydrogens is 372 g/mol. The van der Waals surface area contributed by atoms with E-state index in [1.54, 1.807) is 37.6 Å². The third-order valence-corrected chi connectivity index (χ3v) is 5.19. The van der Waals surface area contributed by atoms with E-state index in [-0.39, 0.29) is 12.5 Å². The fourth-order valence-electron chi connectivity index (χ4n) is 3.45. The number of carbonyl (C=O) groups is 1. The third kappa shape index (κ3) is 4.08. The average molecular weight is 396 g/mol. The van der Waals surface area contributed by atoms with Crippen molar-refractivity contribution in [3.8, 4) is 5.75 Å². The van der Waals surface area contributed by atoms with E-state index < -0.39 is 5.69 Å². The van der Waals surface area contributed by atoms with Crippen molar-refractivity contribution in [3.63, 3.8) is 0 Å². The number of rotatable bonds is 5. The maximum atomic E-state index is 12.6. The van der Waals surface area contributed by atoms with E-state index >= 15 is 0 Å². The Morgan fingerprint density at radius 3 is 2.83 bits per heavy atom. The van der Waals surface area contributed by atoms with Crippen LogP contribution in [-0.2, 0) is 11.3 Å². The van der Waals surface area contributed by atoms with Crippen LogP contribution in [0.5, 0.6) is 5.75 Å². The Hall–Kier alpha value is -3.36. The molecule has 0 saturated carbocycles. The maximum Gasteiger partial charge on any atom is 0.352 e. The fourth-order valence-corrected chi connectivity index (χ4v) is 3.45. The summed E-state index contributed by atoms with van der Waals surface area (Å²) in [5.41, 5.74) is 0.193. The monoisotopic (exact) mass is 396 g/mol. The van der Waals surface area contributed by atoms with Gasteiger partial charge >= 0.3 is 5.69 Å². The zero-order chi connectivity index (χ0) is 20.4. The van der Waals surface area contributed by atoms with Gasteiger partial charge in [-0.1, -0.05) is 13.0 Å². The molecule has 2 aromatic heterocycles. The van der Waals surface area contributed by atoms with Crippen LogP contribution in [-0.4, -0.2) is 45.3 Å². The molecule has 0 aliphatic carbocycles. The molecule has 1 aliphatic rings. The van der Waals surface area contributed by atoms with Crippen LogP contribution in [0.3, 0.4) is 0 Å². The van der Waals surface area contributed by atoms with E-state index in [9.17, 15) is 9.59 Å². The molecule has 0 atom stereocenters. The van der Waals surface area contributed by atoms with Gasteiger partial charge in [-0.3, -0.25) is 4.79 Å². The standard InChI is InChI=1S/C20H24N6O3/c1-14-6-9-24(10-7-14)17-8-11-25-19(22-17)23-26(20(25)28)13-18(27)21-15-4-3-5-16(12-15)29-2/h3-5,8,11-12,14H,6-7,9-10,13H2,1-2H3,(H,21,27). The number of fused-ring (bicyclic) bond motifs is 1. The molecule has 1 aliphatic heterocycles. The lowest BCUT2D eigenvalue weighted by molar-refractivity contribution is -0.117. The topological polar surface area (TPSA) is 93.8 Å². The number of nitrogens with zero attached hydrogens (tertiary/aromatic N) is 5. The van der Waals surface area contributed by atoms with Gasteiger partial charge in [0.1, 0.15) is 18.1 Å². The molecule has 1 fully saturated rings. The summed E-state index contributed by atoms with van der Waals surface area (Å²) >= 11 is 0. The Morgan fingerprint density at radius 2 is 2.07 bits per heavy atom. The van der Waals surface area contributed by atoms with E-state index in [1.807, 2.05) is 6.07 Å². The minimum atomic E-state index is -0.396. The van der Waals surface area contributed by atoms with E-state index in [0.29, 0.717) is 17.2 Å². The number of carbonyl (C=O) groups excluding carboxylic acids is 1. The van der Waals surface area contributed by atoms with Crippen LogP contribution in [0.4, 0.5) is 11.5 Å². The molecule has 0 radical (unpaired) electrons. The van der Waals surface area contributed by atoms with Gasteiger partial charge in [0.15, 0.2) is 0 Å². The van der Waals surface area contributed by atoms with Crippen LogP contribution in [0, 0.1) is 5.92 Å². The molecule has 1 aromatic carbocycles. The van der Waals surface area contributed by atoms with Gasteiger partial charge in [0.05, 0.1) is 7.11 Å². The van der Waals surface area contributed by atoms with Crippen LogP contribution < -0.4 is 20.6 Å². The van der Waals surface area contributed by atoms with Crippen LogP contribution in [0.25, 0.3) is 5.78 Å². The predicted molar refractivity (Wildman–Crippen MR) is 109 cm³/mol. The molecule has 29 heavy (non-hydrogen) atoms. The Bertz CT molecular complexity index is 1080. The summed E-state index contributed by atoms with van der Waals surface area (Å²) in [5.74, 6) is 2.10. The van der Waals surface area contributed by atoms with Crippen molar-refractivity contribution in [2.24, 2.45) is 5.92 Å². The smallest absolute Gasteiger partial charge is 0.352 e. The second-order valence-electron chi connectivity index (χ2n) is 7.35. The normalized spacial score (nSPS) is 14.9. The number of hydrogen-bond donors (Lipinski definition) is 1. The highest BCUT2D eigenvalue weighted by Crippen LogP contribution is 2.21. The molecule has 152 valence electrons. The molecule has 9 nitrogen and oxygen atoms in total. The second-order valence-corrected chi connectivity index (χ2v) is 7.35. The molecule has 1 N–H and O–H groups in total. The molecule has 0 bridgehead atoms. The number of benzene rings is 1. The van der Waals surface area contributed by atoms with E-state index in [0.717, 1.165) is 42.3 Å². The molecule has 3 heterocycles. The lowest BCUT2D eigenvalue weighted by Gasteiger charge is -2.30. The number of hydrogen-bond acceptors (Lipinski definition) is 6. The molecule has 9 heteroatoms. The van der Waals surface area contributed by atoms with Crippen molar-refractivity contribution >= 4 is 23.2 Å². The number of amides is 1. The number of aromatic nitrogens is 4. The second kappa shape index (κ2) is 7.94. The molecule has 1 amide bonds. The van der Waals surface area contributed by atoms with Crippen molar-refractivity contribution in [3.05, 3.63) is 47.0 Å². The van der Waals surface area contributed by atoms with Gasteiger partial charge in [-0.25, -0.2) is 13.9 Å². The highest BCUT2D eigenvalue weighted by molar-refractivity contribution is 5.90. The molecule has 4 rings (SSSR count). The highest BCUT2D eigenvalue weighted by atomic mass is 16.5. The quantitative estimate of drug-likeness (QED) is 0.707. The zero-order valence-electron chi connectivity index (χ0n) is 16.5. The predicted octanol–water partition coefficient (Wildman–Crippen LogP) is 1.77. The summed E-state index contributed by atoms with van der Waals surface area (Å²) in [5, 5.41) is 6.99. The first-order valence-corrected chi connectivity index (χ1v) is 9.68. The van der Waals surface area contributed by atoms with Gasteiger partial charge in [0, 0.05) is 31.0 Å². The molecule has 0 spiro atoms. The lowest BCUT2D eigenvalue weighted by Crippen LogP contribution is -2.33. The SMILES string of the molecule is COc1cccc(NC(=O)Cn2nc3nc(N4CCC(C)CC4)ccn3c2=O)c1. The first kappa shape index (κ1) is 19.0. The summed E-state index contributed by atoms with van der Waals surface area (Å²) in [6, 6.07) is 8.84. The van der Waals surface area contributed by atoms with Gasteiger partial charge in [0.2, 0.25) is 5.91 Å². The molecule has 3 aromatic rings. The Kier molecular flexibility index (Phi) is 5.20. The van der Waals surface area contributed by atoms with Crippen LogP contribution in [0.1, 0.15) is 19.8 Å². The zero-order valence-corrected chi connectivity index (χ0v) is 16.5. The summed E-state index contributed by atoms with van der Waals surface area (Å²) in [6.45, 7) is 3.94. The summed E-state index contributed by atoms with van der Waals surface area (Å²) in [4.78, 5) is 31.7. The van der Waals surface area contributed by atoms with Gasteiger partial charge in [0.25, 0.3) is 5.78 Å². The number of ether oxygens (including phenoxy) is 1. The van der Waals surface area contributed by atoms with Crippen molar-refractivity contribution in [1.82, 2.24) is 19.2 Å². The Labute approximate surface area is 167 Å². The Morgan fingerprint density at radius 1 is 1.28 bits per heavy atom. The molecular formula is C20H24N6O3. The van der Waals surface area contributed by atoms with Crippen molar-refractivity contribution in [1.29, 1.82) is 0 Å². The first-order chi connectivity index (χ1) is 14.0. The molecule has 1 saturated heterocycles. The van der Waals surface area contributed by atoms with Crippen molar-refractivity contribution in [2.75, 3.05) is 30.4 Å². The van der Waals surface area contributed by atoms with Gasteiger partial charge in [-0.05, 0) is 37.0 Å². The van der Waals surface area contributed by atoms with E-state index in [4.69, 9.17) is 4.74 Å². The average Bonchev–Trinajstić information content (AvgIpc) is 3.03. The minimum Gasteiger partial charge on any atom is -0.497 e. The molecule has 0 unspecified atom stereocenters. The number of methoxy groups -OCH3 is 1. The van der Waals surface area contributed by atoms with Gasteiger partial charge < -0.3 is 15.0 Å². The van der Waals surface area contributed by atoms with Crippen molar-refractivity contribution in [2.45, 2.75) is 26.3 Å². The van der Waals surface area contributed by atoms with E-state index in [1.165, 1.54) is 4.40 Å². The van der Waals surface area contributed by atoms with E-state index in [2.05, 4.69) is 27.2 Å². The first-order valence-electron chi connectivity index (χ1n) is 9.68. The number of anilines is 2. The highest BCUT2D eigenvalue weighted by Gasteiger charge is 2.19. The van der Waals surface area contributed by atoms with Crippen LogP contribution in [0.2, 0.25) is 0 Å². The number of piperidine rings is 1. The lowest BCUT2D eigenvalue weighted by atomic mass is 9.99. The van der Waals surface area contributed by atoms with Crippen molar-refractivity contribution < 1.29 is 9.53 Å². The van der Waals surface area contributed by atoms with Crippen LogP contribution >= 0.6 is 0 Å². The summed E-state index contributed by atoms with van der Waals surface area (Å²) in [6.07, 6.45) is 3.92. The number of nitrogens with one attached hydrogen (secondary N) is 1. The summed E-state index contributed by atoms with van der Waals surface area (Å²) < 4.78 is 7.63. The fraction of sp³-hybridized carbons (Fsp3) is 0.400. The largest absolute Gasteiger partial charge is 0.497 e. The third-order valence-electron chi connectivity index (χ3n) is 5.19. The minimum absolute atomic E-state index is 0.198. The van der Waals surface area contributed by atoms with Gasteiger partial charge in [-0.2, -0.15) is 4.98 Å². The summed E-state index contributed by atoms with van der Waals surface area (Å²) in [7, 11) is 1.56. The Balaban J connectivity index is 1.51.